The van der Waals surface area contributed by atoms with Crippen molar-refractivity contribution in [2.45, 2.75) is 0 Å². The van der Waals surface area contributed by atoms with E-state index in [1.807, 2.05) is 0 Å². The van der Waals surface area contributed by atoms with Gasteiger partial charge in [0.2, 0.25) is 0 Å². The van der Waals surface area contributed by atoms with Crippen LogP contribution in [0.15, 0.2) is 24.5 Å². The molecule has 6 heteroatoms. The number of hydrogen-bond donors (Lipinski definition) is 2. The van der Waals surface area contributed by atoms with Gasteiger partial charge in [-0.3, -0.25) is 9.78 Å². The monoisotopic (exact) mass is 217 g/mol. The molecule has 0 aliphatic heterocycles. The third-order valence-corrected chi connectivity index (χ3v) is 2.09. The molecule has 0 fully saturated rings. The summed E-state index contributed by atoms with van der Waals surface area (Å²) in [7, 11) is 0. The summed E-state index contributed by atoms with van der Waals surface area (Å²) in [6.07, 6.45) is 2.92. The largest absolute Gasteiger partial charge is 0.477 e. The van der Waals surface area contributed by atoms with Gasteiger partial charge in [-0.05, 0) is 17.5 Å². The minimum absolute atomic E-state index is 0.0806. The van der Waals surface area contributed by atoms with Crippen LogP contribution in [0.4, 0.5) is 0 Å². The van der Waals surface area contributed by atoms with Crippen molar-refractivity contribution in [2.24, 2.45) is 5.73 Å². The number of hydrogen-bond acceptors (Lipinski definition) is 4. The number of carboxylic acids is 1. The number of aromatic carboxylic acids is 1. The summed E-state index contributed by atoms with van der Waals surface area (Å²) in [4.78, 5) is 29.4. The molecule has 0 aliphatic carbocycles. The van der Waals surface area contributed by atoms with E-state index in [1.54, 1.807) is 6.07 Å². The Kier molecular flexibility index (Phi) is 2.24. The normalized spacial score (nSPS) is 10.2. The van der Waals surface area contributed by atoms with Crippen LogP contribution in [0, 0.1) is 0 Å². The van der Waals surface area contributed by atoms with Gasteiger partial charge in [0.05, 0.1) is 0 Å². The Morgan fingerprint density at radius 1 is 1.38 bits per heavy atom. The Balaban J connectivity index is 2.84. The molecule has 0 aliphatic rings. The maximum absolute atomic E-state index is 11.1. The summed E-state index contributed by atoms with van der Waals surface area (Å²) in [6, 6.07) is 2.96. The zero-order valence-corrected chi connectivity index (χ0v) is 8.04. The Morgan fingerprint density at radius 2 is 2.12 bits per heavy atom. The van der Waals surface area contributed by atoms with Gasteiger partial charge in [-0.25, -0.2) is 9.78 Å². The minimum atomic E-state index is -1.21. The lowest BCUT2D eigenvalue weighted by Crippen LogP contribution is -2.16. The number of fused-ring (bicyclic) bond motifs is 1. The van der Waals surface area contributed by atoms with Gasteiger partial charge in [0.1, 0.15) is 11.4 Å². The highest BCUT2D eigenvalue weighted by molar-refractivity contribution is 6.06. The van der Waals surface area contributed by atoms with E-state index in [2.05, 4.69) is 9.97 Å². The molecule has 0 saturated carbocycles. The topological polar surface area (TPSA) is 106 Å². The van der Waals surface area contributed by atoms with Crippen LogP contribution >= 0.6 is 0 Å². The highest BCUT2D eigenvalue weighted by Crippen LogP contribution is 2.17. The lowest BCUT2D eigenvalue weighted by molar-refractivity contribution is 0.0690. The average molecular weight is 217 g/mol. The lowest BCUT2D eigenvalue weighted by atomic mass is 10.1. The van der Waals surface area contributed by atoms with Crippen molar-refractivity contribution in [3.05, 3.63) is 35.9 Å². The van der Waals surface area contributed by atoms with Crippen LogP contribution in [0.2, 0.25) is 0 Å². The van der Waals surface area contributed by atoms with Gasteiger partial charge in [0, 0.05) is 17.8 Å². The fourth-order valence-corrected chi connectivity index (χ4v) is 1.39. The smallest absolute Gasteiger partial charge is 0.354 e. The zero-order chi connectivity index (χ0) is 11.7. The first-order valence-corrected chi connectivity index (χ1v) is 4.37. The molecule has 2 aromatic heterocycles. The molecular formula is C10H7N3O3. The Labute approximate surface area is 89.7 Å². The second-order valence-electron chi connectivity index (χ2n) is 3.12. The number of primary amides is 1. The second kappa shape index (κ2) is 3.58. The molecule has 2 rings (SSSR count). The van der Waals surface area contributed by atoms with E-state index >= 15 is 0 Å². The van der Waals surface area contributed by atoms with Gasteiger partial charge in [-0.1, -0.05) is 0 Å². The van der Waals surface area contributed by atoms with Gasteiger partial charge in [0.25, 0.3) is 5.91 Å². The second-order valence-corrected chi connectivity index (χ2v) is 3.12. The molecule has 6 nitrogen and oxygen atoms in total. The number of rotatable bonds is 2. The molecule has 1 amide bonds. The average Bonchev–Trinajstić information content (AvgIpc) is 2.27. The van der Waals surface area contributed by atoms with Gasteiger partial charge in [-0.15, -0.1) is 0 Å². The standard InChI is InChI=1S/C10H7N3O3/c11-9(14)8-6-4-12-2-1-5(6)3-7(13-8)10(15)16/h1-4H,(H2,11,14)(H,15,16). The van der Waals surface area contributed by atoms with E-state index in [1.165, 1.54) is 18.5 Å². The molecule has 0 radical (unpaired) electrons. The zero-order valence-electron chi connectivity index (χ0n) is 8.04. The van der Waals surface area contributed by atoms with Crippen molar-refractivity contribution in [1.82, 2.24) is 9.97 Å². The maximum Gasteiger partial charge on any atom is 0.354 e. The Bertz CT molecular complexity index is 595. The van der Waals surface area contributed by atoms with E-state index in [0.29, 0.717) is 10.8 Å². The van der Waals surface area contributed by atoms with Crippen LogP contribution in [0.3, 0.4) is 0 Å². The minimum Gasteiger partial charge on any atom is -0.477 e. The molecule has 80 valence electrons. The van der Waals surface area contributed by atoms with Gasteiger partial charge in [-0.2, -0.15) is 0 Å². The highest BCUT2D eigenvalue weighted by Gasteiger charge is 2.14. The first kappa shape index (κ1) is 10.0. The Morgan fingerprint density at radius 3 is 2.75 bits per heavy atom. The molecule has 0 saturated heterocycles. The van der Waals surface area contributed by atoms with Crippen LogP contribution in [-0.2, 0) is 0 Å². The number of pyridine rings is 2. The quantitative estimate of drug-likeness (QED) is 0.758. The third-order valence-electron chi connectivity index (χ3n) is 2.09. The molecular weight excluding hydrogens is 210 g/mol. The predicted molar refractivity (Wildman–Crippen MR) is 55.0 cm³/mol. The van der Waals surface area contributed by atoms with Crippen LogP contribution in [-0.4, -0.2) is 27.0 Å². The molecule has 2 aromatic rings. The molecule has 0 bridgehead atoms. The summed E-state index contributed by atoms with van der Waals surface area (Å²) in [5.41, 5.74) is 4.83. The molecule has 16 heavy (non-hydrogen) atoms. The van der Waals surface area contributed by atoms with E-state index in [4.69, 9.17) is 10.8 Å². The molecule has 0 unspecified atom stereocenters. The van der Waals surface area contributed by atoms with Crippen molar-refractivity contribution in [1.29, 1.82) is 0 Å². The van der Waals surface area contributed by atoms with Crippen LogP contribution in [0.25, 0.3) is 10.8 Å². The van der Waals surface area contributed by atoms with E-state index in [0.717, 1.165) is 0 Å². The number of carboxylic acid groups (broad SMARTS) is 1. The number of carbonyl (C=O) groups is 2. The molecule has 3 N–H and O–H groups in total. The first-order chi connectivity index (χ1) is 7.59. The van der Waals surface area contributed by atoms with Gasteiger partial charge < -0.3 is 10.8 Å². The van der Waals surface area contributed by atoms with Crippen molar-refractivity contribution < 1.29 is 14.7 Å². The number of nitrogens with two attached hydrogens (primary N) is 1. The third kappa shape index (κ3) is 1.56. The van der Waals surface area contributed by atoms with Crippen molar-refractivity contribution in [2.75, 3.05) is 0 Å². The van der Waals surface area contributed by atoms with Crippen LogP contribution < -0.4 is 5.73 Å². The van der Waals surface area contributed by atoms with Gasteiger partial charge >= 0.3 is 5.97 Å². The number of amides is 1. The SMILES string of the molecule is NC(=O)c1nc(C(=O)O)cc2ccncc12. The summed E-state index contributed by atoms with van der Waals surface area (Å²) in [5, 5.41) is 9.83. The molecule has 0 aromatic carbocycles. The fraction of sp³-hybridized carbons (Fsp3) is 0. The van der Waals surface area contributed by atoms with Gasteiger partial charge in [0.15, 0.2) is 0 Å². The summed E-state index contributed by atoms with van der Waals surface area (Å²) in [5.74, 6) is -1.98. The van der Waals surface area contributed by atoms with Crippen molar-refractivity contribution >= 4 is 22.6 Å². The van der Waals surface area contributed by atoms with Crippen LogP contribution in [0.5, 0.6) is 0 Å². The highest BCUT2D eigenvalue weighted by atomic mass is 16.4. The van der Waals surface area contributed by atoms with Crippen LogP contribution in [0.1, 0.15) is 21.0 Å². The summed E-state index contributed by atoms with van der Waals surface area (Å²) < 4.78 is 0. The molecule has 0 spiro atoms. The van der Waals surface area contributed by atoms with E-state index in [9.17, 15) is 9.59 Å². The summed E-state index contributed by atoms with van der Waals surface area (Å²) in [6.45, 7) is 0. The molecule has 0 atom stereocenters. The number of carbonyl (C=O) groups excluding carboxylic acids is 1. The molecule has 2 heterocycles. The summed E-state index contributed by atoms with van der Waals surface area (Å²) >= 11 is 0. The van der Waals surface area contributed by atoms with Crippen molar-refractivity contribution in [3.63, 3.8) is 0 Å². The fourth-order valence-electron chi connectivity index (χ4n) is 1.39. The Hall–Kier alpha value is -2.50. The first-order valence-electron chi connectivity index (χ1n) is 4.37. The maximum atomic E-state index is 11.1. The predicted octanol–water partition coefficient (Wildman–Crippen LogP) is 0.427. The number of nitrogens with zero attached hydrogens (tertiary/aromatic N) is 2. The lowest BCUT2D eigenvalue weighted by Gasteiger charge is -2.03. The number of aromatic nitrogens is 2. The van der Waals surface area contributed by atoms with E-state index in [-0.39, 0.29) is 11.4 Å². The van der Waals surface area contributed by atoms with E-state index < -0.39 is 11.9 Å². The van der Waals surface area contributed by atoms with Crippen molar-refractivity contribution in [3.8, 4) is 0 Å².